The van der Waals surface area contributed by atoms with Crippen molar-refractivity contribution in [2.24, 2.45) is 5.92 Å². The molecular weight excluding hydrogens is 470 g/mol. The number of amides is 2. The van der Waals surface area contributed by atoms with Crippen LogP contribution in [0.5, 0.6) is 11.5 Å². The molecule has 0 heterocycles. The number of benzene rings is 2. The minimum absolute atomic E-state index is 0.0463. The van der Waals surface area contributed by atoms with Gasteiger partial charge in [-0.2, -0.15) is 0 Å². The van der Waals surface area contributed by atoms with E-state index in [1.165, 1.54) is 0 Å². The molecule has 2 aromatic rings. The second-order valence-electron chi connectivity index (χ2n) is 6.76. The molecule has 0 saturated heterocycles. The molecular formula is C21H24BrN3O4S. The first-order valence-electron chi connectivity index (χ1n) is 9.28. The van der Waals surface area contributed by atoms with E-state index in [0.29, 0.717) is 35.2 Å². The summed E-state index contributed by atoms with van der Waals surface area (Å²) in [6.45, 7) is 4.70. The van der Waals surface area contributed by atoms with E-state index in [1.54, 1.807) is 49.6 Å². The molecule has 0 radical (unpaired) electrons. The highest BCUT2D eigenvalue weighted by Crippen LogP contribution is 2.23. The molecule has 0 atom stereocenters. The fraction of sp³-hybridized carbons (Fsp3) is 0.286. The Morgan fingerprint density at radius 3 is 2.40 bits per heavy atom. The lowest BCUT2D eigenvalue weighted by molar-refractivity contribution is 0.0933. The molecule has 2 rings (SSSR count). The van der Waals surface area contributed by atoms with Crippen molar-refractivity contribution in [1.29, 1.82) is 0 Å². The van der Waals surface area contributed by atoms with Gasteiger partial charge in [0.1, 0.15) is 11.5 Å². The third-order valence-corrected chi connectivity index (χ3v) is 4.71. The Hall–Kier alpha value is -2.65. The van der Waals surface area contributed by atoms with Crippen LogP contribution in [-0.2, 0) is 0 Å². The van der Waals surface area contributed by atoms with Gasteiger partial charge in [0.05, 0.1) is 19.3 Å². The van der Waals surface area contributed by atoms with Crippen molar-refractivity contribution in [3.8, 4) is 11.5 Å². The summed E-state index contributed by atoms with van der Waals surface area (Å²) in [5.74, 6) is 0.731. The molecule has 0 unspecified atom stereocenters. The van der Waals surface area contributed by atoms with E-state index < -0.39 is 11.8 Å². The van der Waals surface area contributed by atoms with Crippen molar-refractivity contribution in [2.45, 2.75) is 20.3 Å². The van der Waals surface area contributed by atoms with Crippen LogP contribution in [-0.4, -0.2) is 30.6 Å². The molecule has 9 heteroatoms. The second kappa shape index (κ2) is 11.5. The van der Waals surface area contributed by atoms with E-state index in [-0.39, 0.29) is 5.11 Å². The van der Waals surface area contributed by atoms with Gasteiger partial charge < -0.3 is 9.47 Å². The van der Waals surface area contributed by atoms with Gasteiger partial charge >= 0.3 is 0 Å². The van der Waals surface area contributed by atoms with Gasteiger partial charge in [0.2, 0.25) is 0 Å². The quantitative estimate of drug-likeness (QED) is 0.401. The summed E-state index contributed by atoms with van der Waals surface area (Å²) in [6, 6.07) is 11.7. The Labute approximate surface area is 189 Å². The zero-order valence-corrected chi connectivity index (χ0v) is 19.4. The van der Waals surface area contributed by atoms with Gasteiger partial charge in [-0.1, -0.05) is 29.8 Å². The Bertz CT molecular complexity index is 904. The summed E-state index contributed by atoms with van der Waals surface area (Å²) in [5, 5.41) is 2.49. The lowest BCUT2D eigenvalue weighted by Gasteiger charge is -2.14. The third-order valence-electron chi connectivity index (χ3n) is 4.01. The molecule has 0 aliphatic carbocycles. The monoisotopic (exact) mass is 493 g/mol. The zero-order valence-electron chi connectivity index (χ0n) is 17.0. The number of nitrogens with one attached hydrogen (secondary N) is 3. The molecule has 0 aliphatic rings. The normalized spacial score (nSPS) is 10.3. The largest absolute Gasteiger partial charge is 0.497 e. The van der Waals surface area contributed by atoms with Crippen molar-refractivity contribution in [1.82, 2.24) is 16.2 Å². The van der Waals surface area contributed by atoms with Crippen LogP contribution in [0, 0.1) is 5.92 Å². The molecule has 160 valence electrons. The molecule has 2 amide bonds. The number of carbonyl (C=O) groups is 2. The second-order valence-corrected chi connectivity index (χ2v) is 8.09. The highest BCUT2D eigenvalue weighted by molar-refractivity contribution is 9.10. The third kappa shape index (κ3) is 7.31. The number of hydrogen-bond acceptors (Lipinski definition) is 5. The average molecular weight is 494 g/mol. The Kier molecular flexibility index (Phi) is 9.07. The number of carbonyl (C=O) groups excluding carboxylic acids is 2. The number of ether oxygens (including phenoxy) is 2. The molecule has 30 heavy (non-hydrogen) atoms. The number of hydrogen-bond donors (Lipinski definition) is 3. The first-order chi connectivity index (χ1) is 14.3. The van der Waals surface area contributed by atoms with Gasteiger partial charge in [-0.3, -0.25) is 25.8 Å². The highest BCUT2D eigenvalue weighted by Gasteiger charge is 2.15. The maximum atomic E-state index is 12.6. The van der Waals surface area contributed by atoms with Gasteiger partial charge in [-0.15, -0.1) is 0 Å². The molecule has 3 N–H and O–H groups in total. The summed E-state index contributed by atoms with van der Waals surface area (Å²) < 4.78 is 11.5. The van der Waals surface area contributed by atoms with E-state index in [0.717, 1.165) is 10.9 Å². The summed E-state index contributed by atoms with van der Waals surface area (Å²) in [5.41, 5.74) is 5.70. The van der Waals surface area contributed by atoms with Crippen molar-refractivity contribution in [3.63, 3.8) is 0 Å². The van der Waals surface area contributed by atoms with E-state index in [9.17, 15) is 9.59 Å². The summed E-state index contributed by atoms with van der Waals surface area (Å²) >= 11 is 8.46. The smallest absolute Gasteiger partial charge is 0.269 e. The van der Waals surface area contributed by atoms with E-state index in [2.05, 4.69) is 45.9 Å². The standard InChI is InChI=1S/C21H24BrN3O4S/c1-13(2)10-11-29-18-9-6-15(22)12-17(18)20(27)23-21(30)25-24-19(26)14-4-7-16(28-3)8-5-14/h4-9,12-13H,10-11H2,1-3H3,(H,24,26)(H2,23,25,27,30). The summed E-state index contributed by atoms with van der Waals surface area (Å²) in [6.07, 6.45) is 0.870. The molecule has 2 aromatic carbocycles. The minimum atomic E-state index is -0.452. The van der Waals surface area contributed by atoms with Gasteiger partial charge in [0.15, 0.2) is 5.11 Å². The fourth-order valence-corrected chi connectivity index (χ4v) is 2.84. The first kappa shape index (κ1) is 23.6. The van der Waals surface area contributed by atoms with Crippen LogP contribution in [0.3, 0.4) is 0 Å². The maximum absolute atomic E-state index is 12.6. The van der Waals surface area contributed by atoms with Crippen molar-refractivity contribution in [2.75, 3.05) is 13.7 Å². The Morgan fingerprint density at radius 2 is 1.77 bits per heavy atom. The van der Waals surface area contributed by atoms with Crippen LogP contribution in [0.4, 0.5) is 0 Å². The topological polar surface area (TPSA) is 88.7 Å². The Balaban J connectivity index is 1.93. The van der Waals surface area contributed by atoms with Gasteiger partial charge in [0, 0.05) is 10.0 Å². The summed E-state index contributed by atoms with van der Waals surface area (Å²) in [7, 11) is 1.55. The predicted octanol–water partition coefficient (Wildman–Crippen LogP) is 3.83. The molecule has 0 fully saturated rings. The van der Waals surface area contributed by atoms with Crippen LogP contribution in [0.15, 0.2) is 46.9 Å². The molecule has 0 saturated carbocycles. The minimum Gasteiger partial charge on any atom is -0.497 e. The van der Waals surface area contributed by atoms with Crippen LogP contribution >= 0.6 is 28.1 Å². The number of rotatable bonds is 7. The molecule has 0 spiro atoms. The number of halogens is 1. The number of methoxy groups -OCH3 is 1. The first-order valence-corrected chi connectivity index (χ1v) is 10.5. The average Bonchev–Trinajstić information content (AvgIpc) is 2.72. The predicted molar refractivity (Wildman–Crippen MR) is 123 cm³/mol. The zero-order chi connectivity index (χ0) is 22.1. The molecule has 0 bridgehead atoms. The number of thiocarbonyl (C=S) groups is 1. The van der Waals surface area contributed by atoms with Gasteiger partial charge in [0.25, 0.3) is 11.8 Å². The van der Waals surface area contributed by atoms with Gasteiger partial charge in [-0.25, -0.2) is 0 Å². The summed E-state index contributed by atoms with van der Waals surface area (Å²) in [4.78, 5) is 24.8. The highest BCUT2D eigenvalue weighted by atomic mass is 79.9. The van der Waals surface area contributed by atoms with Crippen molar-refractivity contribution >= 4 is 45.1 Å². The van der Waals surface area contributed by atoms with Crippen LogP contribution in [0.2, 0.25) is 0 Å². The molecule has 0 aromatic heterocycles. The molecule has 0 aliphatic heterocycles. The van der Waals surface area contributed by atoms with E-state index in [4.69, 9.17) is 21.7 Å². The Morgan fingerprint density at radius 1 is 1.07 bits per heavy atom. The maximum Gasteiger partial charge on any atom is 0.269 e. The lowest BCUT2D eigenvalue weighted by atomic mass is 10.1. The molecule has 7 nitrogen and oxygen atoms in total. The van der Waals surface area contributed by atoms with Crippen LogP contribution < -0.4 is 25.6 Å². The van der Waals surface area contributed by atoms with Crippen LogP contribution in [0.25, 0.3) is 0 Å². The van der Waals surface area contributed by atoms with Crippen molar-refractivity contribution in [3.05, 3.63) is 58.1 Å². The SMILES string of the molecule is COc1ccc(C(=O)NNC(=S)NC(=O)c2cc(Br)ccc2OCCC(C)C)cc1. The fourth-order valence-electron chi connectivity index (χ4n) is 2.34. The number of hydrazine groups is 1. The van der Waals surface area contributed by atoms with Crippen molar-refractivity contribution < 1.29 is 19.1 Å². The van der Waals surface area contributed by atoms with Crippen LogP contribution in [0.1, 0.15) is 41.0 Å². The van der Waals surface area contributed by atoms with E-state index in [1.807, 2.05) is 0 Å². The van der Waals surface area contributed by atoms with E-state index >= 15 is 0 Å². The van der Waals surface area contributed by atoms with Gasteiger partial charge in [-0.05, 0) is 67.0 Å². The lowest BCUT2D eigenvalue weighted by Crippen LogP contribution is -2.48.